The summed E-state index contributed by atoms with van der Waals surface area (Å²) in [4.78, 5) is 12.1. The second kappa shape index (κ2) is 5.42. The molecule has 1 atom stereocenters. The molecule has 0 aromatic heterocycles. The standard InChI is InChI=1S/C15H20O5S/c1-7-10(14(17)21-5)11(16)8-6-9(15(2,3)18)20-13(8)12(7)19-4/h9,16,18H,6H2,1-5H3/t9-/m1/s1. The molecule has 6 heteroatoms. The van der Waals surface area contributed by atoms with Crippen LogP contribution in [-0.4, -0.2) is 40.4 Å². The lowest BCUT2D eigenvalue weighted by molar-refractivity contribution is -0.0236. The Bertz CT molecular complexity index is 589. The van der Waals surface area contributed by atoms with Gasteiger partial charge in [-0.1, -0.05) is 11.8 Å². The van der Waals surface area contributed by atoms with Crippen LogP contribution in [0.3, 0.4) is 0 Å². The largest absolute Gasteiger partial charge is 0.507 e. The second-order valence-electron chi connectivity index (χ2n) is 5.65. The fourth-order valence-electron chi connectivity index (χ4n) is 2.53. The number of phenolic OH excluding ortho intramolecular Hbond substituents is 1. The van der Waals surface area contributed by atoms with E-state index in [1.807, 2.05) is 0 Å². The summed E-state index contributed by atoms with van der Waals surface area (Å²) >= 11 is 1.03. The third-order valence-electron chi connectivity index (χ3n) is 3.75. The first-order valence-electron chi connectivity index (χ1n) is 6.62. The van der Waals surface area contributed by atoms with E-state index in [2.05, 4.69) is 0 Å². The number of rotatable bonds is 3. The number of phenols is 1. The molecular weight excluding hydrogens is 292 g/mol. The topological polar surface area (TPSA) is 76.0 Å². The van der Waals surface area contributed by atoms with E-state index in [4.69, 9.17) is 9.47 Å². The minimum Gasteiger partial charge on any atom is -0.507 e. The van der Waals surface area contributed by atoms with Crippen molar-refractivity contribution in [1.29, 1.82) is 0 Å². The number of carbonyl (C=O) groups excluding carboxylic acids is 1. The third kappa shape index (κ3) is 2.58. The molecule has 0 radical (unpaired) electrons. The van der Waals surface area contributed by atoms with Gasteiger partial charge in [-0.25, -0.2) is 0 Å². The SMILES string of the molecule is COc1c(C)c(C(=O)SC)c(O)c2c1O[C@@H](C(C)(C)O)C2. The van der Waals surface area contributed by atoms with Crippen LogP contribution in [0.4, 0.5) is 0 Å². The number of methoxy groups -OCH3 is 1. The summed E-state index contributed by atoms with van der Waals surface area (Å²) in [5.74, 6) is 0.777. The minimum atomic E-state index is -1.06. The van der Waals surface area contributed by atoms with E-state index < -0.39 is 11.7 Å². The van der Waals surface area contributed by atoms with Crippen molar-refractivity contribution in [3.63, 3.8) is 0 Å². The Kier molecular flexibility index (Phi) is 4.13. The Morgan fingerprint density at radius 3 is 2.57 bits per heavy atom. The molecule has 2 rings (SSSR count). The van der Waals surface area contributed by atoms with E-state index in [9.17, 15) is 15.0 Å². The lowest BCUT2D eigenvalue weighted by atomic mass is 9.94. The van der Waals surface area contributed by atoms with Gasteiger partial charge in [0.25, 0.3) is 0 Å². The average molecular weight is 312 g/mol. The van der Waals surface area contributed by atoms with Crippen molar-refractivity contribution in [2.75, 3.05) is 13.4 Å². The zero-order chi connectivity index (χ0) is 15.9. The molecular formula is C15H20O5S. The van der Waals surface area contributed by atoms with Crippen molar-refractivity contribution in [3.05, 3.63) is 16.7 Å². The van der Waals surface area contributed by atoms with Gasteiger partial charge in [0.05, 0.1) is 18.3 Å². The van der Waals surface area contributed by atoms with E-state index in [-0.39, 0.29) is 16.4 Å². The van der Waals surface area contributed by atoms with Gasteiger partial charge in [0.1, 0.15) is 11.9 Å². The van der Waals surface area contributed by atoms with Gasteiger partial charge in [0.15, 0.2) is 11.5 Å². The number of thioether (sulfide) groups is 1. The highest BCUT2D eigenvalue weighted by molar-refractivity contribution is 8.13. The summed E-state index contributed by atoms with van der Waals surface area (Å²) in [6.45, 7) is 5.00. The van der Waals surface area contributed by atoms with Crippen molar-refractivity contribution in [2.45, 2.75) is 38.9 Å². The molecule has 21 heavy (non-hydrogen) atoms. The molecule has 1 aromatic rings. The maximum Gasteiger partial charge on any atom is 0.223 e. The lowest BCUT2D eigenvalue weighted by Crippen LogP contribution is -2.39. The number of benzene rings is 1. The van der Waals surface area contributed by atoms with Crippen LogP contribution in [0, 0.1) is 6.92 Å². The molecule has 116 valence electrons. The summed E-state index contributed by atoms with van der Waals surface area (Å²) in [7, 11) is 1.49. The van der Waals surface area contributed by atoms with E-state index in [1.165, 1.54) is 7.11 Å². The van der Waals surface area contributed by atoms with E-state index in [1.54, 1.807) is 27.0 Å². The Balaban J connectivity index is 2.63. The monoisotopic (exact) mass is 312 g/mol. The van der Waals surface area contributed by atoms with Crippen LogP contribution in [0.5, 0.6) is 17.2 Å². The van der Waals surface area contributed by atoms with Crippen LogP contribution in [0.25, 0.3) is 0 Å². The van der Waals surface area contributed by atoms with Crippen LogP contribution in [0.15, 0.2) is 0 Å². The fraction of sp³-hybridized carbons (Fsp3) is 0.533. The van der Waals surface area contributed by atoms with Crippen LogP contribution < -0.4 is 9.47 Å². The summed E-state index contributed by atoms with van der Waals surface area (Å²) in [6, 6.07) is 0. The number of aliphatic hydroxyl groups is 1. The van der Waals surface area contributed by atoms with E-state index in [0.29, 0.717) is 29.0 Å². The highest BCUT2D eigenvalue weighted by Crippen LogP contribution is 2.49. The molecule has 0 spiro atoms. The second-order valence-corrected chi connectivity index (χ2v) is 6.42. The average Bonchev–Trinajstić information content (AvgIpc) is 2.84. The first kappa shape index (κ1) is 16.0. The van der Waals surface area contributed by atoms with Crippen molar-refractivity contribution in [1.82, 2.24) is 0 Å². The van der Waals surface area contributed by atoms with Gasteiger partial charge >= 0.3 is 0 Å². The van der Waals surface area contributed by atoms with Gasteiger partial charge < -0.3 is 19.7 Å². The predicted octanol–water partition coefficient (Wildman–Crippen LogP) is 2.29. The Morgan fingerprint density at radius 2 is 2.10 bits per heavy atom. The van der Waals surface area contributed by atoms with Crippen LogP contribution in [-0.2, 0) is 6.42 Å². The van der Waals surface area contributed by atoms with E-state index in [0.717, 1.165) is 11.8 Å². The predicted molar refractivity (Wildman–Crippen MR) is 81.7 cm³/mol. The van der Waals surface area contributed by atoms with Crippen molar-refractivity contribution in [3.8, 4) is 17.2 Å². The molecule has 1 aromatic carbocycles. The molecule has 0 amide bonds. The molecule has 2 N–H and O–H groups in total. The normalized spacial score (nSPS) is 17.3. The molecule has 1 aliphatic rings. The van der Waals surface area contributed by atoms with Gasteiger partial charge in [-0.3, -0.25) is 4.79 Å². The van der Waals surface area contributed by atoms with Gasteiger partial charge in [0.2, 0.25) is 5.12 Å². The zero-order valence-electron chi connectivity index (χ0n) is 12.8. The maximum atomic E-state index is 12.1. The number of hydrogen-bond acceptors (Lipinski definition) is 6. The quantitative estimate of drug-likeness (QED) is 0.892. The highest BCUT2D eigenvalue weighted by atomic mass is 32.2. The first-order valence-corrected chi connectivity index (χ1v) is 7.84. The molecule has 0 bridgehead atoms. The molecule has 0 unspecified atom stereocenters. The van der Waals surface area contributed by atoms with Crippen LogP contribution in [0.1, 0.15) is 35.3 Å². The highest BCUT2D eigenvalue weighted by Gasteiger charge is 2.40. The van der Waals surface area contributed by atoms with Gasteiger partial charge in [0, 0.05) is 17.5 Å². The zero-order valence-corrected chi connectivity index (χ0v) is 13.6. The third-order valence-corrected chi connectivity index (χ3v) is 4.32. The molecule has 1 heterocycles. The molecule has 5 nitrogen and oxygen atoms in total. The smallest absolute Gasteiger partial charge is 0.223 e. The van der Waals surface area contributed by atoms with Gasteiger partial charge in [-0.15, -0.1) is 0 Å². The Morgan fingerprint density at radius 1 is 1.48 bits per heavy atom. The van der Waals surface area contributed by atoms with Crippen molar-refractivity contribution < 1.29 is 24.5 Å². The summed E-state index contributed by atoms with van der Waals surface area (Å²) < 4.78 is 11.1. The Hall–Kier alpha value is -1.40. The number of fused-ring (bicyclic) bond motifs is 1. The molecule has 0 fully saturated rings. The molecule has 0 saturated carbocycles. The summed E-state index contributed by atoms with van der Waals surface area (Å²) in [5, 5.41) is 20.3. The van der Waals surface area contributed by atoms with Crippen molar-refractivity contribution in [2.24, 2.45) is 0 Å². The fourth-order valence-corrected chi connectivity index (χ4v) is 2.99. The number of hydrogen-bond donors (Lipinski definition) is 2. The maximum absolute atomic E-state index is 12.1. The van der Waals surface area contributed by atoms with E-state index >= 15 is 0 Å². The molecule has 1 aliphatic heterocycles. The van der Waals surface area contributed by atoms with Crippen LogP contribution in [0.2, 0.25) is 0 Å². The number of carbonyl (C=O) groups is 1. The Labute approximate surface area is 128 Å². The van der Waals surface area contributed by atoms with Crippen LogP contribution >= 0.6 is 11.8 Å². The number of aromatic hydroxyl groups is 1. The summed E-state index contributed by atoms with van der Waals surface area (Å²) in [6.07, 6.45) is 1.50. The van der Waals surface area contributed by atoms with Gasteiger partial charge in [-0.2, -0.15) is 0 Å². The number of ether oxygens (including phenoxy) is 2. The summed E-state index contributed by atoms with van der Waals surface area (Å²) in [5.41, 5.74) is 0.248. The van der Waals surface area contributed by atoms with Gasteiger partial charge in [-0.05, 0) is 27.0 Å². The van der Waals surface area contributed by atoms with Crippen molar-refractivity contribution >= 4 is 16.9 Å². The lowest BCUT2D eigenvalue weighted by Gasteiger charge is -2.24. The molecule has 0 aliphatic carbocycles. The minimum absolute atomic E-state index is 0.0746. The first-order chi connectivity index (χ1) is 9.72. The molecule has 0 saturated heterocycles.